The van der Waals surface area contributed by atoms with E-state index in [9.17, 15) is 4.39 Å². The summed E-state index contributed by atoms with van der Waals surface area (Å²) in [7, 11) is 0. The largest absolute Gasteiger partial charge is 0.476 e. The Kier molecular flexibility index (Phi) is 4.10. The lowest BCUT2D eigenvalue weighted by molar-refractivity contribution is 0.213. The maximum Gasteiger partial charge on any atom is 0.231 e. The molecule has 2 fully saturated rings. The third-order valence-electron chi connectivity index (χ3n) is 5.34. The quantitative estimate of drug-likeness (QED) is 0.690. The van der Waals surface area contributed by atoms with E-state index >= 15 is 0 Å². The number of fused-ring (bicyclic) bond motifs is 1. The second-order valence-electron chi connectivity index (χ2n) is 7.35. The number of piperidine rings is 1. The van der Waals surface area contributed by atoms with Gasteiger partial charge in [0.25, 0.3) is 0 Å². The Bertz CT molecular complexity index is 948. The minimum Gasteiger partial charge on any atom is -0.476 e. The van der Waals surface area contributed by atoms with Crippen LogP contribution in [0.25, 0.3) is 5.65 Å². The van der Waals surface area contributed by atoms with Gasteiger partial charge in [-0.2, -0.15) is 0 Å². The van der Waals surface area contributed by atoms with E-state index in [-0.39, 0.29) is 5.82 Å². The molecule has 0 N–H and O–H groups in total. The molecule has 8 heteroatoms. The molecule has 1 saturated heterocycles. The van der Waals surface area contributed by atoms with Crippen LogP contribution in [0, 0.1) is 11.7 Å². The predicted octanol–water partition coefficient (Wildman–Crippen LogP) is 2.83. The molecule has 1 aliphatic heterocycles. The molecule has 0 amide bonds. The van der Waals surface area contributed by atoms with Gasteiger partial charge in [0.15, 0.2) is 17.3 Å². The first-order valence-corrected chi connectivity index (χ1v) is 9.46. The summed E-state index contributed by atoms with van der Waals surface area (Å²) in [5.74, 6) is 1.68. The fourth-order valence-corrected chi connectivity index (χ4v) is 3.59. The molecule has 0 radical (unpaired) electrons. The van der Waals surface area contributed by atoms with Crippen LogP contribution in [-0.2, 0) is 0 Å². The second kappa shape index (κ2) is 6.75. The van der Waals surface area contributed by atoms with Crippen LogP contribution in [0.15, 0.2) is 30.9 Å². The highest BCUT2D eigenvalue weighted by atomic mass is 19.1. The topological polar surface area (TPSA) is 68.4 Å². The SMILES string of the molecule is Fc1cncnc1N1CCC(COc2ccc3nc(C4CC4)cn3n2)CC1. The summed E-state index contributed by atoms with van der Waals surface area (Å²) >= 11 is 0. The van der Waals surface area contributed by atoms with Crippen molar-refractivity contribution in [1.29, 1.82) is 0 Å². The van der Waals surface area contributed by atoms with Crippen LogP contribution < -0.4 is 9.64 Å². The first-order chi connectivity index (χ1) is 13.3. The molecule has 7 nitrogen and oxygen atoms in total. The molecule has 1 aliphatic carbocycles. The molecule has 1 saturated carbocycles. The van der Waals surface area contributed by atoms with Crippen molar-refractivity contribution < 1.29 is 9.13 Å². The van der Waals surface area contributed by atoms with Crippen LogP contribution in [0.2, 0.25) is 0 Å². The van der Waals surface area contributed by atoms with Gasteiger partial charge in [-0.1, -0.05) is 0 Å². The Hall–Kier alpha value is -2.77. The smallest absolute Gasteiger partial charge is 0.231 e. The highest BCUT2D eigenvalue weighted by Crippen LogP contribution is 2.39. The van der Waals surface area contributed by atoms with Gasteiger partial charge < -0.3 is 9.64 Å². The Morgan fingerprint density at radius 1 is 1.15 bits per heavy atom. The summed E-state index contributed by atoms with van der Waals surface area (Å²) in [5, 5.41) is 4.52. The van der Waals surface area contributed by atoms with Crippen molar-refractivity contribution in [3.05, 3.63) is 42.4 Å². The van der Waals surface area contributed by atoms with Crippen LogP contribution in [0.1, 0.15) is 37.3 Å². The lowest BCUT2D eigenvalue weighted by Crippen LogP contribution is -2.36. The van der Waals surface area contributed by atoms with E-state index in [1.807, 2.05) is 27.7 Å². The van der Waals surface area contributed by atoms with Gasteiger partial charge in [-0.3, -0.25) is 0 Å². The Morgan fingerprint density at radius 2 is 2.00 bits per heavy atom. The van der Waals surface area contributed by atoms with E-state index in [1.165, 1.54) is 25.4 Å². The standard InChI is InChI=1S/C19H21FN6O/c20-15-9-21-12-22-19(15)25-7-5-13(6-8-25)11-27-18-4-3-17-23-16(14-1-2-14)10-26(17)24-18/h3-4,9-10,12-14H,1-2,5-8,11H2. The van der Waals surface area contributed by atoms with E-state index in [4.69, 9.17) is 4.74 Å². The number of hydrogen-bond acceptors (Lipinski definition) is 6. The van der Waals surface area contributed by atoms with Crippen molar-refractivity contribution in [2.24, 2.45) is 5.92 Å². The average molecular weight is 368 g/mol. The fraction of sp³-hybridized carbons (Fsp3) is 0.474. The molecule has 2 aliphatic rings. The predicted molar refractivity (Wildman–Crippen MR) is 97.4 cm³/mol. The van der Waals surface area contributed by atoms with Gasteiger partial charge in [-0.15, -0.1) is 5.10 Å². The molecule has 3 aromatic heterocycles. The molecule has 0 spiro atoms. The van der Waals surface area contributed by atoms with Gasteiger partial charge in [-0.05, 0) is 37.7 Å². The third-order valence-corrected chi connectivity index (χ3v) is 5.34. The lowest BCUT2D eigenvalue weighted by atomic mass is 9.98. The summed E-state index contributed by atoms with van der Waals surface area (Å²) in [6, 6.07) is 3.83. The molecule has 0 bridgehead atoms. The maximum atomic E-state index is 13.8. The molecule has 0 atom stereocenters. The highest BCUT2D eigenvalue weighted by molar-refractivity contribution is 5.41. The minimum atomic E-state index is -0.365. The van der Waals surface area contributed by atoms with Gasteiger partial charge >= 0.3 is 0 Å². The third kappa shape index (κ3) is 3.43. The van der Waals surface area contributed by atoms with Crippen molar-refractivity contribution in [3.63, 3.8) is 0 Å². The average Bonchev–Trinajstić information content (AvgIpc) is 3.46. The van der Waals surface area contributed by atoms with Crippen LogP contribution in [0.3, 0.4) is 0 Å². The number of hydrogen-bond donors (Lipinski definition) is 0. The van der Waals surface area contributed by atoms with Gasteiger partial charge in [0.2, 0.25) is 5.88 Å². The normalized spacial score (nSPS) is 18.2. The molecular weight excluding hydrogens is 347 g/mol. The monoisotopic (exact) mass is 368 g/mol. The molecule has 140 valence electrons. The van der Waals surface area contributed by atoms with Gasteiger partial charge in [0.05, 0.1) is 24.7 Å². The highest BCUT2D eigenvalue weighted by Gasteiger charge is 2.26. The Morgan fingerprint density at radius 3 is 2.78 bits per heavy atom. The first kappa shape index (κ1) is 16.4. The zero-order valence-electron chi connectivity index (χ0n) is 15.0. The van der Waals surface area contributed by atoms with Crippen molar-refractivity contribution in [3.8, 4) is 5.88 Å². The van der Waals surface area contributed by atoms with Gasteiger partial charge in [0, 0.05) is 25.1 Å². The van der Waals surface area contributed by atoms with E-state index in [1.54, 1.807) is 0 Å². The molecular formula is C19H21FN6O. The van der Waals surface area contributed by atoms with Gasteiger partial charge in [0.1, 0.15) is 6.33 Å². The van der Waals surface area contributed by atoms with E-state index in [2.05, 4.69) is 20.1 Å². The van der Waals surface area contributed by atoms with Crippen molar-refractivity contribution in [2.75, 3.05) is 24.6 Å². The number of nitrogens with zero attached hydrogens (tertiary/aromatic N) is 6. The number of rotatable bonds is 5. The Labute approximate surface area is 156 Å². The number of aromatic nitrogens is 5. The molecule has 4 heterocycles. The number of ether oxygens (including phenoxy) is 1. The van der Waals surface area contributed by atoms with Crippen molar-refractivity contribution in [2.45, 2.75) is 31.6 Å². The maximum absolute atomic E-state index is 13.8. The summed E-state index contributed by atoms with van der Waals surface area (Å²) in [5.41, 5.74) is 1.99. The lowest BCUT2D eigenvalue weighted by Gasteiger charge is -2.32. The zero-order valence-corrected chi connectivity index (χ0v) is 15.0. The molecule has 0 unspecified atom stereocenters. The van der Waals surface area contributed by atoms with E-state index in [0.29, 0.717) is 30.1 Å². The second-order valence-corrected chi connectivity index (χ2v) is 7.35. The summed E-state index contributed by atoms with van der Waals surface area (Å²) < 4.78 is 21.6. The van der Waals surface area contributed by atoms with E-state index < -0.39 is 0 Å². The fourth-order valence-electron chi connectivity index (χ4n) is 3.59. The first-order valence-electron chi connectivity index (χ1n) is 9.46. The Balaban J connectivity index is 1.17. The number of imidazole rings is 1. The zero-order chi connectivity index (χ0) is 18.2. The van der Waals surface area contributed by atoms with Gasteiger partial charge in [-0.25, -0.2) is 23.9 Å². The van der Waals surface area contributed by atoms with Crippen LogP contribution in [0.4, 0.5) is 10.2 Å². The van der Waals surface area contributed by atoms with Crippen LogP contribution >= 0.6 is 0 Å². The number of anilines is 1. The molecule has 0 aromatic carbocycles. The summed E-state index contributed by atoms with van der Waals surface area (Å²) in [6.45, 7) is 2.14. The minimum absolute atomic E-state index is 0.365. The van der Waals surface area contributed by atoms with Crippen LogP contribution in [-0.4, -0.2) is 44.3 Å². The number of halogens is 1. The molecule has 27 heavy (non-hydrogen) atoms. The summed E-state index contributed by atoms with van der Waals surface area (Å²) in [6.07, 6.45) is 8.93. The van der Waals surface area contributed by atoms with Crippen LogP contribution in [0.5, 0.6) is 5.88 Å². The summed E-state index contributed by atoms with van der Waals surface area (Å²) in [4.78, 5) is 14.3. The molecule has 5 rings (SSSR count). The van der Waals surface area contributed by atoms with Crippen molar-refractivity contribution in [1.82, 2.24) is 24.6 Å². The molecule has 3 aromatic rings. The van der Waals surface area contributed by atoms with E-state index in [0.717, 1.165) is 37.3 Å². The van der Waals surface area contributed by atoms with Crippen molar-refractivity contribution >= 4 is 11.5 Å².